The van der Waals surface area contributed by atoms with Gasteiger partial charge in [-0.15, -0.1) is 11.3 Å². The molecule has 1 spiro atoms. The smallest absolute Gasteiger partial charge is 0.0939 e. The van der Waals surface area contributed by atoms with E-state index in [0.717, 1.165) is 45.5 Å². The van der Waals surface area contributed by atoms with E-state index < -0.39 is 0 Å². The number of hydrazine groups is 1. The quantitative estimate of drug-likeness (QED) is 0.652. The highest BCUT2D eigenvalue weighted by atomic mass is 32.1. The zero-order valence-corrected chi connectivity index (χ0v) is 12.0. The van der Waals surface area contributed by atoms with Gasteiger partial charge in [-0.3, -0.25) is 11.3 Å². The molecule has 3 rings (SSSR count). The molecule has 0 aromatic carbocycles. The number of hydrogen-bond acceptors (Lipinski definition) is 5. The van der Waals surface area contributed by atoms with Gasteiger partial charge in [0.2, 0.25) is 0 Å². The van der Waals surface area contributed by atoms with Crippen LogP contribution < -0.4 is 11.3 Å². The first-order valence-electron chi connectivity index (χ1n) is 7.01. The largest absolute Gasteiger partial charge is 0.378 e. The molecule has 19 heavy (non-hydrogen) atoms. The van der Waals surface area contributed by atoms with Gasteiger partial charge in [0.25, 0.3) is 0 Å². The van der Waals surface area contributed by atoms with Crippen LogP contribution in [0.3, 0.4) is 0 Å². The maximum atomic E-state index is 6.00. The second kappa shape index (κ2) is 5.89. The molecule has 0 radical (unpaired) electrons. The predicted octanol–water partition coefficient (Wildman–Crippen LogP) is 1.71. The van der Waals surface area contributed by atoms with Crippen LogP contribution in [0.5, 0.6) is 0 Å². The van der Waals surface area contributed by atoms with Gasteiger partial charge < -0.3 is 9.47 Å². The summed E-state index contributed by atoms with van der Waals surface area (Å²) in [6, 6.07) is 4.62. The van der Waals surface area contributed by atoms with Gasteiger partial charge in [0, 0.05) is 30.6 Å². The average molecular weight is 282 g/mol. The number of ether oxygens (including phenoxy) is 2. The summed E-state index contributed by atoms with van der Waals surface area (Å²) in [4.78, 5) is 1.39. The van der Waals surface area contributed by atoms with Gasteiger partial charge in [-0.2, -0.15) is 0 Å². The first kappa shape index (κ1) is 13.5. The van der Waals surface area contributed by atoms with E-state index in [-0.39, 0.29) is 5.60 Å². The molecule has 2 fully saturated rings. The van der Waals surface area contributed by atoms with Gasteiger partial charge in [0.05, 0.1) is 12.2 Å². The molecule has 106 valence electrons. The van der Waals surface area contributed by atoms with E-state index in [0.29, 0.717) is 12.0 Å². The highest BCUT2D eigenvalue weighted by molar-refractivity contribution is 7.09. The van der Waals surface area contributed by atoms with Crippen LogP contribution >= 0.6 is 11.3 Å². The molecular formula is C14H22N2O2S. The van der Waals surface area contributed by atoms with Crippen molar-refractivity contribution >= 4 is 11.3 Å². The summed E-state index contributed by atoms with van der Waals surface area (Å²) in [6.45, 7) is 2.41. The number of thiophene rings is 1. The van der Waals surface area contributed by atoms with Crippen LogP contribution in [0.2, 0.25) is 0 Å². The van der Waals surface area contributed by atoms with Crippen LogP contribution in [0.15, 0.2) is 17.5 Å². The summed E-state index contributed by atoms with van der Waals surface area (Å²) in [5, 5.41) is 2.12. The van der Waals surface area contributed by atoms with Crippen molar-refractivity contribution in [1.29, 1.82) is 0 Å². The van der Waals surface area contributed by atoms with Crippen LogP contribution in [0.25, 0.3) is 0 Å². The molecule has 3 N–H and O–H groups in total. The Morgan fingerprint density at radius 2 is 2.47 bits per heavy atom. The molecule has 2 aliphatic rings. The molecule has 1 aromatic rings. The highest BCUT2D eigenvalue weighted by Crippen LogP contribution is 2.37. The zero-order valence-electron chi connectivity index (χ0n) is 11.1. The first-order chi connectivity index (χ1) is 9.31. The van der Waals surface area contributed by atoms with E-state index in [9.17, 15) is 0 Å². The van der Waals surface area contributed by atoms with Gasteiger partial charge in [-0.05, 0) is 36.6 Å². The van der Waals surface area contributed by atoms with Crippen molar-refractivity contribution in [3.8, 4) is 0 Å². The molecule has 0 bridgehead atoms. The van der Waals surface area contributed by atoms with Crippen LogP contribution in [-0.4, -0.2) is 31.5 Å². The van der Waals surface area contributed by atoms with Gasteiger partial charge >= 0.3 is 0 Å². The zero-order chi connectivity index (χ0) is 13.1. The molecule has 3 heterocycles. The minimum Gasteiger partial charge on any atom is -0.378 e. The Hall–Kier alpha value is -0.460. The van der Waals surface area contributed by atoms with Crippen LogP contribution in [0, 0.1) is 5.92 Å². The minimum atomic E-state index is -0.0343. The second-order valence-corrected chi connectivity index (χ2v) is 6.68. The van der Waals surface area contributed by atoms with E-state index in [1.165, 1.54) is 4.88 Å². The SMILES string of the molecule is NNC(Cc1cccs1)C1CCOC2(CCOC2)C1. The Bertz CT molecular complexity index is 390. The molecule has 0 amide bonds. The fourth-order valence-electron chi connectivity index (χ4n) is 3.28. The molecule has 3 unspecified atom stereocenters. The van der Waals surface area contributed by atoms with Crippen LogP contribution in [-0.2, 0) is 15.9 Å². The van der Waals surface area contributed by atoms with E-state index in [1.807, 2.05) is 0 Å². The maximum absolute atomic E-state index is 6.00. The molecule has 3 atom stereocenters. The fourth-order valence-corrected chi connectivity index (χ4v) is 4.04. The lowest BCUT2D eigenvalue weighted by atomic mass is 9.80. The van der Waals surface area contributed by atoms with Crippen molar-refractivity contribution < 1.29 is 9.47 Å². The lowest BCUT2D eigenvalue weighted by Gasteiger charge is -2.40. The van der Waals surface area contributed by atoms with Crippen molar-refractivity contribution in [2.45, 2.75) is 37.3 Å². The topological polar surface area (TPSA) is 56.5 Å². The minimum absolute atomic E-state index is 0.0343. The van der Waals surface area contributed by atoms with Crippen molar-refractivity contribution in [3.05, 3.63) is 22.4 Å². The molecule has 4 nitrogen and oxygen atoms in total. The standard InChI is InChI=1S/C14H22N2O2S/c15-16-13(8-12-2-1-7-19-12)11-3-5-18-14(9-11)4-6-17-10-14/h1-2,7,11,13,16H,3-6,8-10,15H2. The Balaban J connectivity index is 1.65. The van der Waals surface area contributed by atoms with Crippen molar-refractivity contribution in [2.75, 3.05) is 19.8 Å². The fraction of sp³-hybridized carbons (Fsp3) is 0.714. The Kier molecular flexibility index (Phi) is 4.19. The lowest BCUT2D eigenvalue weighted by molar-refractivity contribution is -0.103. The third-order valence-electron chi connectivity index (χ3n) is 4.38. The second-order valence-electron chi connectivity index (χ2n) is 5.64. The summed E-state index contributed by atoms with van der Waals surface area (Å²) in [5.74, 6) is 6.36. The van der Waals surface area contributed by atoms with E-state index in [4.69, 9.17) is 15.3 Å². The molecule has 1 aromatic heterocycles. The summed E-state index contributed by atoms with van der Waals surface area (Å²) in [6.07, 6.45) is 4.19. The normalized spacial score (nSPS) is 32.8. The summed E-state index contributed by atoms with van der Waals surface area (Å²) >= 11 is 1.80. The maximum Gasteiger partial charge on any atom is 0.0939 e. The number of rotatable bonds is 4. The third kappa shape index (κ3) is 3.01. The van der Waals surface area contributed by atoms with E-state index in [2.05, 4.69) is 22.9 Å². The third-order valence-corrected chi connectivity index (χ3v) is 5.28. The Morgan fingerprint density at radius 1 is 1.53 bits per heavy atom. The number of nitrogens with two attached hydrogens (primary N) is 1. The van der Waals surface area contributed by atoms with Crippen LogP contribution in [0.1, 0.15) is 24.1 Å². The van der Waals surface area contributed by atoms with Gasteiger partial charge in [-0.25, -0.2) is 0 Å². The van der Waals surface area contributed by atoms with Gasteiger partial charge in [-0.1, -0.05) is 6.07 Å². The summed E-state index contributed by atoms with van der Waals surface area (Å²) in [7, 11) is 0. The molecule has 0 saturated carbocycles. The Morgan fingerprint density at radius 3 is 3.16 bits per heavy atom. The van der Waals surface area contributed by atoms with Crippen LogP contribution in [0.4, 0.5) is 0 Å². The van der Waals surface area contributed by atoms with Gasteiger partial charge in [0.15, 0.2) is 0 Å². The van der Waals surface area contributed by atoms with Crippen molar-refractivity contribution in [2.24, 2.45) is 11.8 Å². The summed E-state index contributed by atoms with van der Waals surface area (Å²) in [5.41, 5.74) is 2.99. The van der Waals surface area contributed by atoms with Crippen molar-refractivity contribution in [1.82, 2.24) is 5.43 Å². The van der Waals surface area contributed by atoms with E-state index in [1.54, 1.807) is 11.3 Å². The number of hydrogen-bond donors (Lipinski definition) is 2. The highest BCUT2D eigenvalue weighted by Gasteiger charge is 2.42. The van der Waals surface area contributed by atoms with Gasteiger partial charge in [0.1, 0.15) is 0 Å². The first-order valence-corrected chi connectivity index (χ1v) is 7.89. The monoisotopic (exact) mass is 282 g/mol. The predicted molar refractivity (Wildman–Crippen MR) is 76.0 cm³/mol. The number of nitrogens with one attached hydrogen (secondary N) is 1. The molecule has 0 aliphatic carbocycles. The average Bonchev–Trinajstić information content (AvgIpc) is 3.08. The molecule has 5 heteroatoms. The molecular weight excluding hydrogens is 260 g/mol. The molecule has 2 aliphatic heterocycles. The Labute approximate surface area is 118 Å². The molecule has 2 saturated heterocycles. The van der Waals surface area contributed by atoms with E-state index >= 15 is 0 Å². The summed E-state index contributed by atoms with van der Waals surface area (Å²) < 4.78 is 11.5. The lowest BCUT2D eigenvalue weighted by Crippen LogP contribution is -2.49. The van der Waals surface area contributed by atoms with Crippen molar-refractivity contribution in [3.63, 3.8) is 0 Å².